The number of hydrogen-bond acceptors (Lipinski definition) is 11. The van der Waals surface area contributed by atoms with Gasteiger partial charge in [-0.3, -0.25) is 14.3 Å². The smallest absolute Gasteiger partial charge is 0.330 e. The molecule has 2 saturated heterocycles. The molecule has 2 fully saturated rings. The molecule has 14 heteroatoms. The molecule has 0 radical (unpaired) electrons. The molecule has 1 N–H and O–H groups in total. The first-order valence-corrected chi connectivity index (χ1v) is 13.9. The molecule has 5 atom stereocenters. The summed E-state index contributed by atoms with van der Waals surface area (Å²) in [5.74, 6) is 0. The van der Waals surface area contributed by atoms with Gasteiger partial charge in [-0.25, -0.2) is 9.46 Å². The minimum atomic E-state index is -1.64. The zero-order valence-electron chi connectivity index (χ0n) is 22.6. The Labute approximate surface area is 223 Å². The van der Waals surface area contributed by atoms with Gasteiger partial charge in [-0.1, -0.05) is 5.16 Å². The van der Waals surface area contributed by atoms with Crippen LogP contribution in [0.2, 0.25) is 0 Å². The second kappa shape index (κ2) is 14.8. The number of methoxy groups -OCH3 is 1. The van der Waals surface area contributed by atoms with E-state index < -0.39 is 44.3 Å². The Hall–Kier alpha value is -2.17. The van der Waals surface area contributed by atoms with Gasteiger partial charge in [0, 0.05) is 44.3 Å². The molecule has 1 aromatic heterocycles. The maximum absolute atomic E-state index is 12.6. The number of aromatic nitrogens is 2. The lowest BCUT2D eigenvalue weighted by atomic mass is 10.1. The molecule has 38 heavy (non-hydrogen) atoms. The number of aromatic amines is 1. The van der Waals surface area contributed by atoms with E-state index in [0.717, 1.165) is 5.71 Å². The van der Waals surface area contributed by atoms with Crippen LogP contribution in [0, 0.1) is 11.3 Å². The van der Waals surface area contributed by atoms with Crippen molar-refractivity contribution in [3.05, 3.63) is 33.1 Å². The summed E-state index contributed by atoms with van der Waals surface area (Å²) in [6, 6.07) is 3.50. The molecular weight excluding hydrogens is 517 g/mol. The Morgan fingerprint density at radius 2 is 1.95 bits per heavy atom. The molecule has 1 aromatic rings. The van der Waals surface area contributed by atoms with E-state index in [9.17, 15) is 9.59 Å². The largest absolute Gasteiger partial charge is 0.393 e. The molecular formula is C24H38N5O8P. The van der Waals surface area contributed by atoms with Gasteiger partial charge in [0.2, 0.25) is 0 Å². The molecule has 3 rings (SSSR count). The quantitative estimate of drug-likeness (QED) is 0.218. The molecule has 212 valence electrons. The molecule has 0 spiro atoms. The lowest BCUT2D eigenvalue weighted by molar-refractivity contribution is -0.0718. The Morgan fingerprint density at radius 1 is 1.24 bits per heavy atom. The Kier molecular flexibility index (Phi) is 11.9. The average Bonchev–Trinajstić information content (AvgIpc) is 3.21. The van der Waals surface area contributed by atoms with Crippen LogP contribution in [0.4, 0.5) is 0 Å². The summed E-state index contributed by atoms with van der Waals surface area (Å²) < 4.78 is 33.5. The molecule has 0 bridgehead atoms. The van der Waals surface area contributed by atoms with E-state index in [-0.39, 0.29) is 31.7 Å². The number of nitrogens with one attached hydrogen (secondary N) is 1. The van der Waals surface area contributed by atoms with Crippen molar-refractivity contribution in [2.45, 2.75) is 83.6 Å². The molecule has 0 amide bonds. The van der Waals surface area contributed by atoms with Crippen LogP contribution < -0.4 is 11.2 Å². The predicted octanol–water partition coefficient (Wildman–Crippen LogP) is 2.29. The van der Waals surface area contributed by atoms with Crippen LogP contribution >= 0.6 is 8.53 Å². The van der Waals surface area contributed by atoms with Crippen molar-refractivity contribution >= 4 is 14.2 Å². The maximum Gasteiger partial charge on any atom is 0.330 e. The van der Waals surface area contributed by atoms with Crippen molar-refractivity contribution < 1.29 is 28.1 Å². The van der Waals surface area contributed by atoms with Crippen LogP contribution in [0.15, 0.2) is 27.0 Å². The van der Waals surface area contributed by atoms with Crippen molar-refractivity contribution in [1.29, 1.82) is 5.26 Å². The van der Waals surface area contributed by atoms with Crippen molar-refractivity contribution in [2.24, 2.45) is 5.16 Å². The van der Waals surface area contributed by atoms with Crippen LogP contribution in [-0.2, 0) is 28.1 Å². The summed E-state index contributed by atoms with van der Waals surface area (Å²) >= 11 is 0. The minimum Gasteiger partial charge on any atom is -0.393 e. The third kappa shape index (κ3) is 7.93. The molecule has 2 aliphatic rings. The van der Waals surface area contributed by atoms with E-state index in [4.69, 9.17) is 33.4 Å². The fourth-order valence-corrected chi connectivity index (χ4v) is 6.14. The summed E-state index contributed by atoms with van der Waals surface area (Å²) in [4.78, 5) is 32.2. The van der Waals surface area contributed by atoms with E-state index >= 15 is 0 Å². The Morgan fingerprint density at radius 3 is 2.55 bits per heavy atom. The van der Waals surface area contributed by atoms with Crippen LogP contribution in [-0.4, -0.2) is 83.9 Å². The molecule has 0 aromatic carbocycles. The average molecular weight is 556 g/mol. The van der Waals surface area contributed by atoms with Gasteiger partial charge >= 0.3 is 5.69 Å². The topological polar surface area (TPSA) is 150 Å². The number of oxime groups is 1. The van der Waals surface area contributed by atoms with Crippen LogP contribution in [0.25, 0.3) is 0 Å². The van der Waals surface area contributed by atoms with Crippen molar-refractivity contribution in [2.75, 3.05) is 33.5 Å². The standard InChI is InChI=1S/C24H38N5O8P/c1-16(2)29(17(3)4)38(35-12-6-10-25)37-21-19(15-34-27-18-8-13-33-14-9-18)36-23(22(21)32-5)28-11-7-20(30)26-24(28)31/h7,11,16-17,19,21-23H,6,8-9,12-15H2,1-5H3,(H,26,30,31)/t19-,21?,22+,23-,38?/m1/s1. The van der Waals surface area contributed by atoms with Crippen molar-refractivity contribution in [1.82, 2.24) is 14.2 Å². The molecule has 0 saturated carbocycles. The molecule has 2 aliphatic heterocycles. The molecule has 2 unspecified atom stereocenters. The number of H-pyrrole nitrogens is 1. The number of ether oxygens (including phenoxy) is 3. The van der Waals surface area contributed by atoms with Gasteiger partial charge in [-0.15, -0.1) is 0 Å². The van der Waals surface area contributed by atoms with Gasteiger partial charge in [0.15, 0.2) is 6.23 Å². The zero-order valence-corrected chi connectivity index (χ0v) is 23.5. The first kappa shape index (κ1) is 30.4. The first-order valence-electron chi connectivity index (χ1n) is 12.8. The van der Waals surface area contributed by atoms with Gasteiger partial charge in [-0.2, -0.15) is 5.26 Å². The number of rotatable bonds is 13. The second-order valence-electron chi connectivity index (χ2n) is 9.47. The zero-order chi connectivity index (χ0) is 27.7. The van der Waals surface area contributed by atoms with Crippen LogP contribution in [0.1, 0.15) is 53.2 Å². The number of nitrogens with zero attached hydrogens (tertiary/aromatic N) is 4. The summed E-state index contributed by atoms with van der Waals surface area (Å²) in [5.41, 5.74) is -0.251. The van der Waals surface area contributed by atoms with E-state index in [2.05, 4.69) is 20.9 Å². The lowest BCUT2D eigenvalue weighted by Gasteiger charge is -2.38. The van der Waals surface area contributed by atoms with Crippen LogP contribution in [0.5, 0.6) is 0 Å². The SMILES string of the molecule is CO[C@H]1C(OP(OCCC#N)N(C(C)C)C(C)C)[C@@H](CON=C2CCOCC2)O[C@H]1n1ccc(=O)[nH]c1=O. The fraction of sp³-hybridized carbons (Fsp3) is 0.750. The van der Waals surface area contributed by atoms with E-state index in [1.807, 2.05) is 27.7 Å². The number of hydrogen-bond donors (Lipinski definition) is 1. The summed E-state index contributed by atoms with van der Waals surface area (Å²) in [6.07, 6.45) is -0.0828. The maximum atomic E-state index is 12.6. The third-order valence-electron chi connectivity index (χ3n) is 6.06. The highest BCUT2D eigenvalue weighted by molar-refractivity contribution is 7.44. The Balaban J connectivity index is 1.90. The number of nitriles is 1. The molecule has 3 heterocycles. The summed E-state index contributed by atoms with van der Waals surface area (Å²) in [7, 11) is -0.142. The predicted molar refractivity (Wildman–Crippen MR) is 140 cm³/mol. The lowest BCUT2D eigenvalue weighted by Crippen LogP contribution is -2.42. The van der Waals surface area contributed by atoms with Gasteiger partial charge in [0.25, 0.3) is 14.1 Å². The molecule has 0 aliphatic carbocycles. The minimum absolute atomic E-state index is 0.0359. The summed E-state index contributed by atoms with van der Waals surface area (Å²) in [5, 5.41) is 13.3. The second-order valence-corrected chi connectivity index (χ2v) is 10.9. The van der Waals surface area contributed by atoms with Gasteiger partial charge in [0.05, 0.1) is 38.0 Å². The van der Waals surface area contributed by atoms with E-state index in [1.54, 1.807) is 0 Å². The van der Waals surface area contributed by atoms with Gasteiger partial charge < -0.3 is 28.1 Å². The van der Waals surface area contributed by atoms with Crippen molar-refractivity contribution in [3.63, 3.8) is 0 Å². The van der Waals surface area contributed by atoms with E-state index in [0.29, 0.717) is 26.1 Å². The fourth-order valence-electron chi connectivity index (χ4n) is 4.37. The highest BCUT2D eigenvalue weighted by Crippen LogP contribution is 2.50. The van der Waals surface area contributed by atoms with Crippen LogP contribution in [0.3, 0.4) is 0 Å². The van der Waals surface area contributed by atoms with E-state index in [1.165, 1.54) is 23.9 Å². The molecule has 13 nitrogen and oxygen atoms in total. The highest BCUT2D eigenvalue weighted by Gasteiger charge is 2.50. The normalized spacial score (nSPS) is 24.7. The van der Waals surface area contributed by atoms with Gasteiger partial charge in [0.1, 0.15) is 24.9 Å². The third-order valence-corrected chi connectivity index (χ3v) is 8.19. The summed E-state index contributed by atoms with van der Waals surface area (Å²) in [6.45, 7) is 9.59. The first-order chi connectivity index (χ1) is 18.3. The highest BCUT2D eigenvalue weighted by atomic mass is 31.2. The monoisotopic (exact) mass is 555 g/mol. The Bertz CT molecular complexity index is 1050. The van der Waals surface area contributed by atoms with Gasteiger partial charge in [-0.05, 0) is 27.7 Å². The van der Waals surface area contributed by atoms with Crippen molar-refractivity contribution in [3.8, 4) is 6.07 Å².